The minimum atomic E-state index is -0.364. The lowest BCUT2D eigenvalue weighted by Gasteiger charge is -2.22. The molecule has 1 saturated heterocycles. The zero-order valence-corrected chi connectivity index (χ0v) is 17.6. The van der Waals surface area contributed by atoms with E-state index in [2.05, 4.69) is 5.32 Å². The number of benzene rings is 2. The number of anilines is 1. The van der Waals surface area contributed by atoms with E-state index in [-0.39, 0.29) is 42.5 Å². The third-order valence-electron chi connectivity index (χ3n) is 5.37. The number of amides is 2. The first-order chi connectivity index (χ1) is 15.6. The Balaban J connectivity index is 1.45. The summed E-state index contributed by atoms with van der Waals surface area (Å²) < 4.78 is 24.5. The third kappa shape index (κ3) is 5.62. The molecule has 0 aliphatic carbocycles. The van der Waals surface area contributed by atoms with Gasteiger partial charge in [0.05, 0.1) is 25.3 Å². The van der Waals surface area contributed by atoms with Crippen LogP contribution in [-0.4, -0.2) is 31.1 Å². The summed E-state index contributed by atoms with van der Waals surface area (Å²) in [6.07, 6.45) is 3.78. The lowest BCUT2D eigenvalue weighted by Crippen LogP contribution is -2.32. The summed E-state index contributed by atoms with van der Waals surface area (Å²) in [4.78, 5) is 26.8. The minimum absolute atomic E-state index is 0.0727. The van der Waals surface area contributed by atoms with Crippen molar-refractivity contribution in [2.45, 2.75) is 31.9 Å². The summed E-state index contributed by atoms with van der Waals surface area (Å²) in [5, 5.41) is 2.91. The van der Waals surface area contributed by atoms with Crippen LogP contribution in [0.25, 0.3) is 0 Å². The zero-order chi connectivity index (χ0) is 22.3. The Labute approximate surface area is 186 Å². The lowest BCUT2D eigenvalue weighted by atomic mass is 10.1. The zero-order valence-electron chi connectivity index (χ0n) is 17.6. The minimum Gasteiger partial charge on any atom is -0.459 e. The fourth-order valence-corrected chi connectivity index (χ4v) is 3.71. The van der Waals surface area contributed by atoms with Gasteiger partial charge in [0.1, 0.15) is 5.82 Å². The summed E-state index contributed by atoms with van der Waals surface area (Å²) in [6.45, 7) is 1.46. The van der Waals surface area contributed by atoms with Crippen LogP contribution in [0.4, 0.5) is 10.1 Å². The van der Waals surface area contributed by atoms with Crippen LogP contribution in [-0.2, 0) is 22.5 Å². The summed E-state index contributed by atoms with van der Waals surface area (Å²) in [6, 6.07) is 16.6. The van der Waals surface area contributed by atoms with Crippen molar-refractivity contribution < 1.29 is 23.1 Å². The molecule has 2 amide bonds. The van der Waals surface area contributed by atoms with Crippen molar-refractivity contribution in [2.24, 2.45) is 0 Å². The quantitative estimate of drug-likeness (QED) is 0.577. The van der Waals surface area contributed by atoms with Gasteiger partial charge in [-0.25, -0.2) is 4.39 Å². The van der Waals surface area contributed by atoms with Crippen molar-refractivity contribution in [1.82, 2.24) is 5.32 Å². The number of nitrogens with one attached hydrogen (secondary N) is 1. The molecule has 1 aromatic heterocycles. The number of hydrogen-bond donors (Lipinski definition) is 1. The number of halogens is 1. The average Bonchev–Trinajstić information content (AvgIpc) is 3.51. The van der Waals surface area contributed by atoms with Crippen molar-refractivity contribution in [1.29, 1.82) is 0 Å². The monoisotopic (exact) mass is 436 g/mol. The molecule has 1 aliphatic rings. The predicted octanol–water partition coefficient (Wildman–Crippen LogP) is 4.10. The van der Waals surface area contributed by atoms with Crippen molar-refractivity contribution in [3.05, 3.63) is 89.6 Å². The number of hydrogen-bond acceptors (Lipinski definition) is 4. The molecule has 166 valence electrons. The molecule has 2 aromatic carbocycles. The van der Waals surface area contributed by atoms with Crippen LogP contribution >= 0.6 is 0 Å². The second kappa shape index (κ2) is 10.2. The van der Waals surface area contributed by atoms with E-state index in [9.17, 15) is 14.0 Å². The van der Waals surface area contributed by atoms with Gasteiger partial charge in [-0.05, 0) is 60.4 Å². The van der Waals surface area contributed by atoms with Gasteiger partial charge < -0.3 is 19.4 Å². The number of carbonyl (C=O) groups is 2. The van der Waals surface area contributed by atoms with Gasteiger partial charge in [-0.2, -0.15) is 0 Å². The molecule has 0 bridgehead atoms. The van der Waals surface area contributed by atoms with E-state index in [1.807, 2.05) is 12.1 Å². The number of ether oxygens (including phenoxy) is 1. The van der Waals surface area contributed by atoms with E-state index in [1.54, 1.807) is 36.4 Å². The number of carbonyl (C=O) groups excluding carboxylic acids is 2. The van der Waals surface area contributed by atoms with Crippen molar-refractivity contribution in [3.63, 3.8) is 0 Å². The number of nitrogens with zero attached hydrogens (tertiary/aromatic N) is 1. The molecule has 3 aromatic rings. The van der Waals surface area contributed by atoms with Gasteiger partial charge in [-0.15, -0.1) is 0 Å². The lowest BCUT2D eigenvalue weighted by molar-refractivity contribution is -0.120. The summed E-state index contributed by atoms with van der Waals surface area (Å²) in [5.74, 6) is -0.575. The smallest absolute Gasteiger partial charge is 0.294 e. The topological polar surface area (TPSA) is 71.8 Å². The van der Waals surface area contributed by atoms with Gasteiger partial charge in [0.25, 0.3) is 5.91 Å². The Bertz CT molecular complexity index is 1040. The number of furan rings is 1. The molecule has 4 rings (SSSR count). The highest BCUT2D eigenvalue weighted by molar-refractivity contribution is 6.04. The van der Waals surface area contributed by atoms with Crippen molar-refractivity contribution >= 4 is 17.5 Å². The van der Waals surface area contributed by atoms with Crippen LogP contribution in [0.15, 0.2) is 71.3 Å². The van der Waals surface area contributed by atoms with Crippen LogP contribution in [0, 0.1) is 5.82 Å². The van der Waals surface area contributed by atoms with E-state index in [4.69, 9.17) is 9.15 Å². The van der Waals surface area contributed by atoms with Gasteiger partial charge in [0, 0.05) is 18.8 Å². The molecule has 1 aliphatic heterocycles. The standard InChI is InChI=1S/C25H25FN2O4/c26-20-5-1-4-19(14-20)17-28(25(30)23-7-3-13-32-23)21-10-8-18(9-11-21)15-24(29)27-16-22-6-2-12-31-22/h1,3-5,7-11,13-14,22H,2,6,12,15-17H2,(H,27,29)/t22-/m1/s1. The fraction of sp³-hybridized carbons (Fsp3) is 0.280. The van der Waals surface area contributed by atoms with E-state index < -0.39 is 0 Å². The molecule has 1 atom stereocenters. The van der Waals surface area contributed by atoms with Crippen molar-refractivity contribution in [3.8, 4) is 0 Å². The maximum atomic E-state index is 13.7. The van der Waals surface area contributed by atoms with E-state index in [0.29, 0.717) is 17.8 Å². The van der Waals surface area contributed by atoms with Gasteiger partial charge >= 0.3 is 0 Å². The molecular weight excluding hydrogens is 411 g/mol. The first-order valence-electron chi connectivity index (χ1n) is 10.7. The van der Waals surface area contributed by atoms with E-state index in [1.165, 1.54) is 23.3 Å². The molecule has 32 heavy (non-hydrogen) atoms. The van der Waals surface area contributed by atoms with Gasteiger partial charge in [0.2, 0.25) is 5.91 Å². The van der Waals surface area contributed by atoms with Gasteiger partial charge in [-0.3, -0.25) is 9.59 Å². The van der Waals surface area contributed by atoms with Crippen LogP contribution in [0.2, 0.25) is 0 Å². The maximum Gasteiger partial charge on any atom is 0.294 e. The molecule has 0 radical (unpaired) electrons. The Kier molecular flexibility index (Phi) is 6.97. The summed E-state index contributed by atoms with van der Waals surface area (Å²) in [5.41, 5.74) is 2.11. The number of rotatable bonds is 8. The first-order valence-corrected chi connectivity index (χ1v) is 10.7. The second-order valence-electron chi connectivity index (χ2n) is 7.78. The Morgan fingerprint density at radius 3 is 2.59 bits per heavy atom. The molecule has 2 heterocycles. The highest BCUT2D eigenvalue weighted by atomic mass is 19.1. The highest BCUT2D eigenvalue weighted by Crippen LogP contribution is 2.22. The van der Waals surface area contributed by atoms with Crippen molar-refractivity contribution in [2.75, 3.05) is 18.1 Å². The highest BCUT2D eigenvalue weighted by Gasteiger charge is 2.21. The molecule has 6 nitrogen and oxygen atoms in total. The van der Waals surface area contributed by atoms with Crippen LogP contribution in [0.3, 0.4) is 0 Å². The van der Waals surface area contributed by atoms with Crippen LogP contribution in [0.1, 0.15) is 34.5 Å². The largest absolute Gasteiger partial charge is 0.459 e. The van der Waals surface area contributed by atoms with E-state index in [0.717, 1.165) is 25.0 Å². The molecule has 0 unspecified atom stereocenters. The second-order valence-corrected chi connectivity index (χ2v) is 7.78. The third-order valence-corrected chi connectivity index (χ3v) is 5.37. The maximum absolute atomic E-state index is 13.7. The molecule has 1 N–H and O–H groups in total. The van der Waals surface area contributed by atoms with Gasteiger partial charge in [-0.1, -0.05) is 24.3 Å². The summed E-state index contributed by atoms with van der Waals surface area (Å²) >= 11 is 0. The molecular formula is C25H25FN2O4. The van der Waals surface area contributed by atoms with Crippen LogP contribution < -0.4 is 10.2 Å². The first kappa shape index (κ1) is 21.8. The molecule has 7 heteroatoms. The SMILES string of the molecule is O=C(Cc1ccc(N(Cc2cccc(F)c2)C(=O)c2ccco2)cc1)NC[C@H]1CCCO1. The molecule has 0 spiro atoms. The van der Waals surface area contributed by atoms with Gasteiger partial charge in [0.15, 0.2) is 5.76 Å². The predicted molar refractivity (Wildman–Crippen MR) is 118 cm³/mol. The van der Waals surface area contributed by atoms with E-state index >= 15 is 0 Å². The fourth-order valence-electron chi connectivity index (χ4n) is 3.71. The Morgan fingerprint density at radius 2 is 1.91 bits per heavy atom. The Morgan fingerprint density at radius 1 is 1.06 bits per heavy atom. The summed E-state index contributed by atoms with van der Waals surface area (Å²) in [7, 11) is 0. The molecule has 0 saturated carbocycles. The normalized spacial score (nSPS) is 15.5. The Hall–Kier alpha value is -3.45. The average molecular weight is 436 g/mol. The molecule has 1 fully saturated rings. The van der Waals surface area contributed by atoms with Crippen LogP contribution in [0.5, 0.6) is 0 Å².